The molecular formula is C27H44ClN3O. The van der Waals surface area contributed by atoms with Crippen molar-refractivity contribution in [1.82, 2.24) is 4.90 Å². The van der Waals surface area contributed by atoms with Crippen LogP contribution in [0, 0.1) is 17.3 Å². The highest BCUT2D eigenvalue weighted by Crippen LogP contribution is 2.48. The molecule has 32 heavy (non-hydrogen) atoms. The summed E-state index contributed by atoms with van der Waals surface area (Å²) in [6.07, 6.45) is 8.31. The van der Waals surface area contributed by atoms with Crippen LogP contribution in [0.2, 0.25) is 0 Å². The van der Waals surface area contributed by atoms with Crippen LogP contribution in [0.25, 0.3) is 0 Å². The molecule has 2 aliphatic carbocycles. The van der Waals surface area contributed by atoms with Crippen LogP contribution in [0.4, 0.5) is 11.4 Å². The van der Waals surface area contributed by atoms with Gasteiger partial charge in [-0.15, -0.1) is 12.4 Å². The molecule has 0 N–H and O–H groups in total. The fourth-order valence-corrected chi connectivity index (χ4v) is 6.11. The zero-order chi connectivity index (χ0) is 21.6. The molecular weight excluding hydrogens is 418 g/mol. The summed E-state index contributed by atoms with van der Waals surface area (Å²) >= 11 is 0. The van der Waals surface area contributed by atoms with Crippen molar-refractivity contribution < 1.29 is 4.74 Å². The smallest absolute Gasteiger partial charge is 0.144 e. The average molecular weight is 462 g/mol. The molecule has 1 aromatic carbocycles. The van der Waals surface area contributed by atoms with Gasteiger partial charge in [-0.2, -0.15) is 0 Å². The predicted molar refractivity (Wildman–Crippen MR) is 138 cm³/mol. The lowest BCUT2D eigenvalue weighted by molar-refractivity contribution is 0.169. The van der Waals surface area contributed by atoms with Gasteiger partial charge in [0.2, 0.25) is 0 Å². The lowest BCUT2D eigenvalue weighted by Gasteiger charge is -2.41. The molecule has 0 atom stereocenters. The lowest BCUT2D eigenvalue weighted by atomic mass is 9.68. The number of benzene rings is 1. The van der Waals surface area contributed by atoms with E-state index in [1.54, 1.807) is 5.56 Å². The molecule has 5 rings (SSSR count). The Kier molecular flexibility index (Phi) is 7.22. The minimum Gasteiger partial charge on any atom is -0.489 e. The summed E-state index contributed by atoms with van der Waals surface area (Å²) in [4.78, 5) is 7.76. The van der Waals surface area contributed by atoms with Crippen LogP contribution in [0.5, 0.6) is 5.75 Å². The molecule has 2 heterocycles. The van der Waals surface area contributed by atoms with E-state index in [-0.39, 0.29) is 12.4 Å². The number of halogens is 1. The quantitative estimate of drug-likeness (QED) is 0.564. The van der Waals surface area contributed by atoms with Crippen molar-refractivity contribution in [3.8, 4) is 5.75 Å². The molecule has 4 nitrogen and oxygen atoms in total. The number of ether oxygens (including phenoxy) is 1. The number of fused-ring (bicyclic) bond motifs is 1. The second kappa shape index (κ2) is 9.62. The van der Waals surface area contributed by atoms with Gasteiger partial charge in [0.25, 0.3) is 0 Å². The number of rotatable bonds is 4. The zero-order valence-electron chi connectivity index (χ0n) is 20.7. The number of likely N-dealkylation sites (N-methyl/N-ethyl adjacent to an activating group) is 1. The van der Waals surface area contributed by atoms with Crippen LogP contribution >= 0.6 is 12.4 Å². The Morgan fingerprint density at radius 3 is 2.19 bits per heavy atom. The van der Waals surface area contributed by atoms with E-state index in [1.165, 1.54) is 69.5 Å². The SMILES string of the molecule is CN1CCOc2cc(N3CCN(CC4CC4)CC3)c(C3CCC(C(C)(C)C)CC3)cc21.Cl. The van der Waals surface area contributed by atoms with Gasteiger partial charge in [0.1, 0.15) is 12.4 Å². The molecule has 2 saturated carbocycles. The van der Waals surface area contributed by atoms with E-state index in [2.05, 4.69) is 54.7 Å². The van der Waals surface area contributed by atoms with Gasteiger partial charge >= 0.3 is 0 Å². The summed E-state index contributed by atoms with van der Waals surface area (Å²) in [6, 6.07) is 4.90. The van der Waals surface area contributed by atoms with Gasteiger partial charge in [-0.1, -0.05) is 20.8 Å². The lowest BCUT2D eigenvalue weighted by Crippen LogP contribution is -2.47. The van der Waals surface area contributed by atoms with Gasteiger partial charge in [0.05, 0.1) is 12.2 Å². The fourth-order valence-electron chi connectivity index (χ4n) is 6.11. The molecule has 2 aliphatic heterocycles. The number of anilines is 2. The number of piperazine rings is 1. The van der Waals surface area contributed by atoms with Gasteiger partial charge in [-0.05, 0) is 73.3 Å². The molecule has 0 unspecified atom stereocenters. The van der Waals surface area contributed by atoms with Gasteiger partial charge in [-0.3, -0.25) is 4.90 Å². The summed E-state index contributed by atoms with van der Waals surface area (Å²) < 4.78 is 6.13. The van der Waals surface area contributed by atoms with E-state index < -0.39 is 0 Å². The normalized spacial score (nSPS) is 26.9. The van der Waals surface area contributed by atoms with Crippen LogP contribution in [0.1, 0.15) is 70.8 Å². The Morgan fingerprint density at radius 2 is 1.56 bits per heavy atom. The minimum absolute atomic E-state index is 0. The van der Waals surface area contributed by atoms with Crippen LogP contribution in [0.3, 0.4) is 0 Å². The van der Waals surface area contributed by atoms with E-state index in [9.17, 15) is 0 Å². The predicted octanol–water partition coefficient (Wildman–Crippen LogP) is 5.79. The van der Waals surface area contributed by atoms with Crippen LogP contribution in [-0.2, 0) is 0 Å². The monoisotopic (exact) mass is 461 g/mol. The fraction of sp³-hybridized carbons (Fsp3) is 0.778. The molecule has 1 saturated heterocycles. The topological polar surface area (TPSA) is 19.0 Å². The van der Waals surface area contributed by atoms with Crippen LogP contribution in [0.15, 0.2) is 12.1 Å². The maximum Gasteiger partial charge on any atom is 0.144 e. The third-order valence-corrected chi connectivity index (χ3v) is 8.52. The molecule has 5 heteroatoms. The van der Waals surface area contributed by atoms with Crippen molar-refractivity contribution in [1.29, 1.82) is 0 Å². The first kappa shape index (κ1) is 24.0. The molecule has 3 fully saturated rings. The summed E-state index contributed by atoms with van der Waals surface area (Å²) in [5.41, 5.74) is 4.81. The second-order valence-electron chi connectivity index (χ2n) is 11.8. The molecule has 1 aromatic rings. The number of hydrogen-bond donors (Lipinski definition) is 0. The molecule has 180 valence electrons. The van der Waals surface area contributed by atoms with Crippen molar-refractivity contribution in [3.63, 3.8) is 0 Å². The summed E-state index contributed by atoms with van der Waals surface area (Å²) in [6.45, 7) is 15.1. The first-order chi connectivity index (χ1) is 14.9. The van der Waals surface area contributed by atoms with Gasteiger partial charge in [0.15, 0.2) is 0 Å². The molecule has 0 amide bonds. The average Bonchev–Trinajstić information content (AvgIpc) is 3.57. The first-order valence-corrected chi connectivity index (χ1v) is 12.9. The molecule has 0 radical (unpaired) electrons. The highest BCUT2D eigenvalue weighted by molar-refractivity contribution is 5.85. The maximum absolute atomic E-state index is 6.13. The Morgan fingerprint density at radius 1 is 0.875 bits per heavy atom. The van der Waals surface area contributed by atoms with Gasteiger partial charge < -0.3 is 14.5 Å². The summed E-state index contributed by atoms with van der Waals surface area (Å²) in [5, 5.41) is 0. The standard InChI is InChI=1S/C27H43N3O.ClH/c1-27(2,3)22-9-7-21(8-10-22)23-17-25-26(31-16-15-28(25)4)18-24(23)30-13-11-29(12-14-30)19-20-5-6-20;/h17-18,20-22H,5-16,19H2,1-4H3;1H. The molecule has 0 bridgehead atoms. The van der Waals surface area contributed by atoms with E-state index in [0.29, 0.717) is 11.3 Å². The first-order valence-electron chi connectivity index (χ1n) is 12.9. The largest absolute Gasteiger partial charge is 0.489 e. The number of nitrogens with zero attached hydrogens (tertiary/aromatic N) is 3. The summed E-state index contributed by atoms with van der Waals surface area (Å²) in [7, 11) is 2.22. The third kappa shape index (κ3) is 5.17. The Labute approximate surface area is 202 Å². The van der Waals surface area contributed by atoms with Crippen molar-refractivity contribution in [2.45, 2.75) is 65.2 Å². The van der Waals surface area contributed by atoms with E-state index in [1.807, 2.05) is 0 Å². The van der Waals surface area contributed by atoms with Gasteiger partial charge in [0, 0.05) is 51.5 Å². The van der Waals surface area contributed by atoms with Crippen molar-refractivity contribution in [2.24, 2.45) is 17.3 Å². The Bertz CT molecular complexity index is 772. The molecule has 4 aliphatic rings. The van der Waals surface area contributed by atoms with E-state index in [4.69, 9.17) is 4.74 Å². The zero-order valence-corrected chi connectivity index (χ0v) is 21.6. The van der Waals surface area contributed by atoms with Gasteiger partial charge in [-0.25, -0.2) is 0 Å². The Balaban J connectivity index is 0.00000245. The Hall–Kier alpha value is -1.13. The van der Waals surface area contributed by atoms with Crippen LogP contribution < -0.4 is 14.5 Å². The van der Waals surface area contributed by atoms with E-state index in [0.717, 1.165) is 43.8 Å². The highest BCUT2D eigenvalue weighted by atomic mass is 35.5. The third-order valence-electron chi connectivity index (χ3n) is 8.52. The van der Waals surface area contributed by atoms with Crippen molar-refractivity contribution >= 4 is 23.8 Å². The summed E-state index contributed by atoms with van der Waals surface area (Å²) in [5.74, 6) is 3.64. The van der Waals surface area contributed by atoms with Crippen LogP contribution in [-0.4, -0.2) is 57.8 Å². The molecule has 0 spiro atoms. The second-order valence-corrected chi connectivity index (χ2v) is 11.8. The maximum atomic E-state index is 6.13. The van der Waals surface area contributed by atoms with E-state index >= 15 is 0 Å². The highest BCUT2D eigenvalue weighted by Gasteiger charge is 2.33. The molecule has 0 aromatic heterocycles. The minimum atomic E-state index is 0. The number of hydrogen-bond acceptors (Lipinski definition) is 4. The van der Waals surface area contributed by atoms with Crippen molar-refractivity contribution in [2.75, 3.05) is 62.7 Å². The van der Waals surface area contributed by atoms with Crippen molar-refractivity contribution in [3.05, 3.63) is 17.7 Å².